The van der Waals surface area contributed by atoms with E-state index in [9.17, 15) is 8.42 Å². The minimum absolute atomic E-state index is 0.0262. The second-order valence-electron chi connectivity index (χ2n) is 5.74. The molecule has 2 heterocycles. The molecule has 4 rings (SSSR count). The van der Waals surface area contributed by atoms with Gasteiger partial charge in [-0.3, -0.25) is 4.72 Å². The van der Waals surface area contributed by atoms with E-state index >= 15 is 0 Å². The van der Waals surface area contributed by atoms with Crippen molar-refractivity contribution in [1.82, 2.24) is 10.2 Å². The molecule has 0 fully saturated rings. The van der Waals surface area contributed by atoms with Gasteiger partial charge in [-0.2, -0.15) is 5.26 Å². The molecule has 10 heteroatoms. The molecule has 0 amide bonds. The van der Waals surface area contributed by atoms with Crippen LogP contribution in [0.1, 0.15) is 5.56 Å². The van der Waals surface area contributed by atoms with Crippen LogP contribution in [0.3, 0.4) is 0 Å². The van der Waals surface area contributed by atoms with Crippen molar-refractivity contribution in [1.29, 1.82) is 5.26 Å². The summed E-state index contributed by atoms with van der Waals surface area (Å²) in [6, 6.07) is 16.3. The van der Waals surface area contributed by atoms with Gasteiger partial charge in [0, 0.05) is 11.8 Å². The summed E-state index contributed by atoms with van der Waals surface area (Å²) in [7, 11) is -3.85. The molecule has 0 bridgehead atoms. The van der Waals surface area contributed by atoms with Crippen molar-refractivity contribution >= 4 is 27.3 Å². The second kappa shape index (κ2) is 7.05. The van der Waals surface area contributed by atoms with Crippen LogP contribution in [-0.4, -0.2) is 25.4 Å². The lowest BCUT2D eigenvalue weighted by molar-refractivity contribution is 0.174. The van der Waals surface area contributed by atoms with E-state index in [0.717, 1.165) is 5.69 Å². The van der Waals surface area contributed by atoms with Gasteiger partial charge in [0.15, 0.2) is 23.1 Å². The fraction of sp³-hybridized carbons (Fsp3) is 0.0556. The van der Waals surface area contributed by atoms with Gasteiger partial charge in [-0.15, -0.1) is 10.2 Å². The van der Waals surface area contributed by atoms with E-state index < -0.39 is 10.0 Å². The standard InChI is InChI=1S/C18H13N5O4S/c19-10-12-1-3-13(4-2-12)20-17-7-8-18(22-21-17)23-28(24,25)14-5-6-15-16(9-14)27-11-26-15/h1-9H,11H2,(H,20,21)(H,22,23). The monoisotopic (exact) mass is 395 g/mol. The number of aromatic nitrogens is 2. The summed E-state index contributed by atoms with van der Waals surface area (Å²) in [5, 5.41) is 19.7. The molecule has 0 radical (unpaired) electrons. The molecule has 28 heavy (non-hydrogen) atoms. The predicted molar refractivity (Wildman–Crippen MR) is 99.8 cm³/mol. The Morgan fingerprint density at radius 2 is 1.64 bits per heavy atom. The first-order valence-corrected chi connectivity index (χ1v) is 9.55. The molecule has 0 atom stereocenters. The summed E-state index contributed by atoms with van der Waals surface area (Å²) in [4.78, 5) is 0.0262. The number of benzene rings is 2. The lowest BCUT2D eigenvalue weighted by Crippen LogP contribution is -2.14. The van der Waals surface area contributed by atoms with Crippen molar-refractivity contribution in [2.45, 2.75) is 4.90 Å². The number of hydrogen-bond donors (Lipinski definition) is 2. The number of sulfonamides is 1. The molecule has 0 saturated heterocycles. The number of anilines is 3. The van der Waals surface area contributed by atoms with Gasteiger partial charge in [0.05, 0.1) is 16.5 Å². The SMILES string of the molecule is N#Cc1ccc(Nc2ccc(NS(=O)(=O)c3ccc4c(c3)OCO4)nn2)cc1. The van der Waals surface area contributed by atoms with Gasteiger partial charge < -0.3 is 14.8 Å². The van der Waals surface area contributed by atoms with E-state index in [4.69, 9.17) is 14.7 Å². The molecule has 1 aliphatic heterocycles. The van der Waals surface area contributed by atoms with Crippen molar-refractivity contribution < 1.29 is 17.9 Å². The van der Waals surface area contributed by atoms with Crippen LogP contribution in [0.4, 0.5) is 17.3 Å². The number of rotatable bonds is 5. The number of nitriles is 1. The lowest BCUT2D eigenvalue weighted by Gasteiger charge is -2.09. The summed E-state index contributed by atoms with van der Waals surface area (Å²) in [5.41, 5.74) is 1.27. The molecule has 3 aromatic rings. The van der Waals surface area contributed by atoms with Gasteiger partial charge in [-0.25, -0.2) is 8.42 Å². The van der Waals surface area contributed by atoms with Crippen molar-refractivity contribution in [2.75, 3.05) is 16.8 Å². The van der Waals surface area contributed by atoms with Crippen LogP contribution in [0.5, 0.6) is 11.5 Å². The minimum atomic E-state index is -3.85. The van der Waals surface area contributed by atoms with Crippen LogP contribution in [0, 0.1) is 11.3 Å². The molecular weight excluding hydrogens is 382 g/mol. The molecule has 0 unspecified atom stereocenters. The molecular formula is C18H13N5O4S. The normalized spacial score (nSPS) is 12.2. The Labute approximate surface area is 160 Å². The maximum Gasteiger partial charge on any atom is 0.263 e. The summed E-state index contributed by atoms with van der Waals surface area (Å²) in [6.07, 6.45) is 0. The van der Waals surface area contributed by atoms with Crippen LogP contribution >= 0.6 is 0 Å². The van der Waals surface area contributed by atoms with E-state index in [1.807, 2.05) is 6.07 Å². The zero-order valence-electron chi connectivity index (χ0n) is 14.3. The molecule has 1 aromatic heterocycles. The molecule has 0 aliphatic carbocycles. The van der Waals surface area contributed by atoms with E-state index in [0.29, 0.717) is 22.9 Å². The van der Waals surface area contributed by atoms with Gasteiger partial charge in [0.25, 0.3) is 10.0 Å². The molecule has 9 nitrogen and oxygen atoms in total. The highest BCUT2D eigenvalue weighted by Crippen LogP contribution is 2.34. The van der Waals surface area contributed by atoms with Gasteiger partial charge >= 0.3 is 0 Å². The Kier molecular flexibility index (Phi) is 4.42. The Bertz CT molecular complexity index is 1160. The molecule has 0 saturated carbocycles. The third kappa shape index (κ3) is 3.65. The van der Waals surface area contributed by atoms with Crippen LogP contribution in [-0.2, 0) is 10.0 Å². The highest BCUT2D eigenvalue weighted by molar-refractivity contribution is 7.92. The van der Waals surface area contributed by atoms with Gasteiger partial charge in [0.1, 0.15) is 0 Å². The molecule has 2 aromatic carbocycles. The van der Waals surface area contributed by atoms with Crippen LogP contribution in [0.25, 0.3) is 0 Å². The Morgan fingerprint density at radius 1 is 0.929 bits per heavy atom. The summed E-state index contributed by atoms with van der Waals surface area (Å²) in [5.74, 6) is 1.37. The topological polar surface area (TPSA) is 126 Å². The quantitative estimate of drug-likeness (QED) is 0.675. The first-order chi connectivity index (χ1) is 13.5. The number of nitrogens with zero attached hydrogens (tertiary/aromatic N) is 3. The Morgan fingerprint density at radius 3 is 2.36 bits per heavy atom. The van der Waals surface area contributed by atoms with Gasteiger partial charge in [0.2, 0.25) is 6.79 Å². The van der Waals surface area contributed by atoms with E-state index in [2.05, 4.69) is 20.2 Å². The third-order valence-corrected chi connectivity index (χ3v) is 5.20. The van der Waals surface area contributed by atoms with Gasteiger partial charge in [-0.05, 0) is 48.5 Å². The number of nitrogens with one attached hydrogen (secondary N) is 2. The van der Waals surface area contributed by atoms with Crippen LogP contribution in [0.2, 0.25) is 0 Å². The van der Waals surface area contributed by atoms with Crippen molar-refractivity contribution in [3.8, 4) is 17.6 Å². The fourth-order valence-corrected chi connectivity index (χ4v) is 3.48. The maximum atomic E-state index is 12.5. The minimum Gasteiger partial charge on any atom is -0.454 e. The molecule has 0 spiro atoms. The highest BCUT2D eigenvalue weighted by atomic mass is 32.2. The van der Waals surface area contributed by atoms with E-state index in [-0.39, 0.29) is 17.5 Å². The van der Waals surface area contributed by atoms with Crippen LogP contribution in [0.15, 0.2) is 59.5 Å². The molecule has 2 N–H and O–H groups in total. The molecule has 140 valence electrons. The Hall–Kier alpha value is -3.84. The fourth-order valence-electron chi connectivity index (χ4n) is 2.47. The summed E-state index contributed by atoms with van der Waals surface area (Å²) < 4.78 is 37.8. The molecule has 1 aliphatic rings. The van der Waals surface area contributed by atoms with Crippen molar-refractivity contribution in [3.05, 3.63) is 60.2 Å². The third-order valence-electron chi connectivity index (χ3n) is 3.84. The van der Waals surface area contributed by atoms with Gasteiger partial charge in [-0.1, -0.05) is 0 Å². The predicted octanol–water partition coefficient (Wildman–Crippen LogP) is 2.62. The smallest absolute Gasteiger partial charge is 0.263 e. The number of ether oxygens (including phenoxy) is 2. The Balaban J connectivity index is 1.47. The van der Waals surface area contributed by atoms with Crippen molar-refractivity contribution in [2.24, 2.45) is 0 Å². The summed E-state index contributed by atoms with van der Waals surface area (Å²) in [6.45, 7) is 0.0610. The zero-order chi connectivity index (χ0) is 19.6. The highest BCUT2D eigenvalue weighted by Gasteiger charge is 2.20. The average molecular weight is 395 g/mol. The largest absolute Gasteiger partial charge is 0.454 e. The lowest BCUT2D eigenvalue weighted by atomic mass is 10.2. The number of fused-ring (bicyclic) bond motifs is 1. The number of hydrogen-bond acceptors (Lipinski definition) is 8. The van der Waals surface area contributed by atoms with Crippen LogP contribution < -0.4 is 19.5 Å². The second-order valence-corrected chi connectivity index (χ2v) is 7.42. The van der Waals surface area contributed by atoms with Crippen molar-refractivity contribution in [3.63, 3.8) is 0 Å². The zero-order valence-corrected chi connectivity index (χ0v) is 15.1. The average Bonchev–Trinajstić information content (AvgIpc) is 3.18. The summed E-state index contributed by atoms with van der Waals surface area (Å²) >= 11 is 0. The maximum absolute atomic E-state index is 12.5. The first kappa shape index (κ1) is 17.6. The van der Waals surface area contributed by atoms with E-state index in [1.165, 1.54) is 24.3 Å². The first-order valence-electron chi connectivity index (χ1n) is 8.07. The van der Waals surface area contributed by atoms with E-state index in [1.54, 1.807) is 30.3 Å².